The molecule has 1 amide bonds. The van der Waals surface area contributed by atoms with Gasteiger partial charge in [0.05, 0.1) is 23.8 Å². The first kappa shape index (κ1) is 24.0. The van der Waals surface area contributed by atoms with Crippen molar-refractivity contribution >= 4 is 17.4 Å². The fraction of sp³-hybridized carbons (Fsp3) is 0.429. The van der Waals surface area contributed by atoms with E-state index in [1.54, 1.807) is 23.1 Å². The van der Waals surface area contributed by atoms with Crippen LogP contribution in [0.15, 0.2) is 48.0 Å². The maximum Gasteiger partial charge on any atom is 0.295 e. The topological polar surface area (TPSA) is 76.1 Å². The van der Waals surface area contributed by atoms with Gasteiger partial charge in [-0.05, 0) is 74.9 Å². The first-order valence-corrected chi connectivity index (χ1v) is 12.1. The number of carbonyl (C=O) groups is 2. The summed E-state index contributed by atoms with van der Waals surface area (Å²) in [6.45, 7) is 8.86. The molecule has 0 bridgehead atoms. The van der Waals surface area contributed by atoms with Crippen molar-refractivity contribution in [3.05, 3.63) is 70.3 Å². The van der Waals surface area contributed by atoms with Crippen molar-refractivity contribution < 1.29 is 24.2 Å². The number of likely N-dealkylation sites (tertiary alicyclic amines) is 1. The number of benzene rings is 2. The molecule has 2 aromatic carbocycles. The van der Waals surface area contributed by atoms with Crippen molar-refractivity contribution in [1.29, 1.82) is 0 Å². The second kappa shape index (κ2) is 10.0. The molecule has 0 spiro atoms. The molecule has 2 aromatic rings. The number of carbonyl (C=O) groups excluding carboxylic acids is 2. The van der Waals surface area contributed by atoms with Crippen molar-refractivity contribution in [2.24, 2.45) is 0 Å². The average Bonchev–Trinajstić information content (AvgIpc) is 3.42. The lowest BCUT2D eigenvalue weighted by Gasteiger charge is -2.27. The number of amides is 1. The van der Waals surface area contributed by atoms with E-state index in [-0.39, 0.29) is 23.5 Å². The minimum absolute atomic E-state index is 0.0207. The number of hydrogen-bond acceptors (Lipinski definition) is 5. The Balaban J connectivity index is 1.78. The monoisotopic (exact) mass is 463 g/mol. The van der Waals surface area contributed by atoms with E-state index in [0.717, 1.165) is 41.7 Å². The summed E-state index contributed by atoms with van der Waals surface area (Å²) in [6.07, 6.45) is 2.59. The SMILES string of the molecule is CCc1ccc(C2/C(=C(/O)c3ccc(OC(C)C)c(C)c3)C(=O)C(=O)N2CC2CCCO2)cc1. The van der Waals surface area contributed by atoms with Crippen molar-refractivity contribution in [3.63, 3.8) is 0 Å². The van der Waals surface area contributed by atoms with Crippen LogP contribution in [0.5, 0.6) is 5.75 Å². The minimum atomic E-state index is -0.666. The second-order valence-corrected chi connectivity index (χ2v) is 9.33. The predicted octanol–water partition coefficient (Wildman–Crippen LogP) is 4.95. The van der Waals surface area contributed by atoms with Crippen LogP contribution in [0.4, 0.5) is 0 Å². The molecule has 2 saturated heterocycles. The maximum absolute atomic E-state index is 13.2. The van der Waals surface area contributed by atoms with Gasteiger partial charge in [0.25, 0.3) is 11.7 Å². The number of nitrogens with zero attached hydrogens (tertiary/aromatic N) is 1. The van der Waals surface area contributed by atoms with Gasteiger partial charge in [-0.15, -0.1) is 0 Å². The molecule has 34 heavy (non-hydrogen) atoms. The minimum Gasteiger partial charge on any atom is -0.507 e. The molecule has 6 nitrogen and oxygen atoms in total. The molecule has 2 unspecified atom stereocenters. The molecule has 4 rings (SSSR count). The molecule has 2 aliphatic heterocycles. The van der Waals surface area contributed by atoms with Gasteiger partial charge in [-0.25, -0.2) is 0 Å². The van der Waals surface area contributed by atoms with Gasteiger partial charge in [0, 0.05) is 18.7 Å². The number of ketones is 1. The first-order valence-electron chi connectivity index (χ1n) is 12.1. The van der Waals surface area contributed by atoms with E-state index < -0.39 is 17.7 Å². The number of aliphatic hydroxyl groups excluding tert-OH is 1. The molecule has 2 heterocycles. The summed E-state index contributed by atoms with van der Waals surface area (Å²) < 4.78 is 11.6. The quantitative estimate of drug-likeness (QED) is 0.357. The van der Waals surface area contributed by atoms with Crippen molar-refractivity contribution in [3.8, 4) is 5.75 Å². The van der Waals surface area contributed by atoms with Crippen LogP contribution in [-0.4, -0.2) is 47.1 Å². The van der Waals surface area contributed by atoms with Crippen LogP contribution in [0.2, 0.25) is 0 Å². The molecule has 0 radical (unpaired) electrons. The standard InChI is InChI=1S/C28H33NO5/c1-5-19-8-10-20(11-9-19)25-24(27(31)28(32)29(25)16-22-7-6-14-33-22)26(30)21-12-13-23(18(4)15-21)34-17(2)3/h8-13,15,17,22,25,30H,5-7,14,16H2,1-4H3/b26-24-. The van der Waals surface area contributed by atoms with Crippen LogP contribution >= 0.6 is 0 Å². The molecule has 2 aliphatic rings. The summed E-state index contributed by atoms with van der Waals surface area (Å²) in [5.74, 6) is -0.715. The Labute approximate surface area is 201 Å². The Morgan fingerprint density at radius 3 is 2.50 bits per heavy atom. The highest BCUT2D eigenvalue weighted by atomic mass is 16.5. The molecule has 0 aliphatic carbocycles. The molecule has 0 saturated carbocycles. The molecule has 1 N–H and O–H groups in total. The Hall–Kier alpha value is -3.12. The lowest BCUT2D eigenvalue weighted by molar-refractivity contribution is -0.140. The van der Waals surface area contributed by atoms with Gasteiger partial charge >= 0.3 is 0 Å². The number of Topliss-reactive ketones (excluding diaryl/α,β-unsaturated/α-hetero) is 1. The predicted molar refractivity (Wildman–Crippen MR) is 131 cm³/mol. The summed E-state index contributed by atoms with van der Waals surface area (Å²) in [5, 5.41) is 11.3. The number of aliphatic hydroxyl groups is 1. The molecule has 6 heteroatoms. The van der Waals surface area contributed by atoms with Gasteiger partial charge in [0.2, 0.25) is 0 Å². The van der Waals surface area contributed by atoms with Gasteiger partial charge in [-0.2, -0.15) is 0 Å². The Morgan fingerprint density at radius 2 is 1.91 bits per heavy atom. The van der Waals surface area contributed by atoms with Crippen molar-refractivity contribution in [2.45, 2.75) is 65.2 Å². The summed E-state index contributed by atoms with van der Waals surface area (Å²) >= 11 is 0. The first-order chi connectivity index (χ1) is 16.3. The molecular weight excluding hydrogens is 430 g/mol. The van der Waals surface area contributed by atoms with Gasteiger partial charge in [-0.1, -0.05) is 31.2 Å². The highest BCUT2D eigenvalue weighted by Gasteiger charge is 2.47. The summed E-state index contributed by atoms with van der Waals surface area (Å²) in [7, 11) is 0. The van der Waals surface area contributed by atoms with Crippen LogP contribution in [0, 0.1) is 6.92 Å². The maximum atomic E-state index is 13.2. The Kier molecular flexibility index (Phi) is 7.08. The average molecular weight is 464 g/mol. The van der Waals surface area contributed by atoms with Crippen LogP contribution in [-0.2, 0) is 20.7 Å². The van der Waals surface area contributed by atoms with Crippen molar-refractivity contribution in [1.82, 2.24) is 4.90 Å². The van der Waals surface area contributed by atoms with Gasteiger partial charge in [0.1, 0.15) is 11.5 Å². The highest BCUT2D eigenvalue weighted by Crippen LogP contribution is 2.40. The summed E-state index contributed by atoms with van der Waals surface area (Å²) in [4.78, 5) is 27.9. The largest absolute Gasteiger partial charge is 0.507 e. The molecule has 2 atom stereocenters. The van der Waals surface area contributed by atoms with E-state index in [0.29, 0.717) is 18.7 Å². The molecule has 0 aromatic heterocycles. The number of aryl methyl sites for hydroxylation is 2. The van der Waals surface area contributed by atoms with Crippen LogP contribution in [0.1, 0.15) is 61.9 Å². The second-order valence-electron chi connectivity index (χ2n) is 9.33. The smallest absolute Gasteiger partial charge is 0.295 e. The lowest BCUT2D eigenvalue weighted by atomic mass is 9.94. The van der Waals surface area contributed by atoms with Gasteiger partial charge in [-0.3, -0.25) is 9.59 Å². The summed E-state index contributed by atoms with van der Waals surface area (Å²) in [5.41, 5.74) is 3.40. The zero-order chi connectivity index (χ0) is 24.4. The fourth-order valence-electron chi connectivity index (χ4n) is 4.70. The number of hydrogen-bond donors (Lipinski definition) is 1. The van der Waals surface area contributed by atoms with E-state index in [1.165, 1.54) is 0 Å². The van der Waals surface area contributed by atoms with Crippen LogP contribution in [0.25, 0.3) is 5.76 Å². The molecule has 2 fully saturated rings. The van der Waals surface area contributed by atoms with E-state index in [4.69, 9.17) is 9.47 Å². The third kappa shape index (κ3) is 4.73. The molecule has 180 valence electrons. The number of ether oxygens (including phenoxy) is 2. The Morgan fingerprint density at radius 1 is 1.18 bits per heavy atom. The Bertz CT molecular complexity index is 1100. The van der Waals surface area contributed by atoms with Gasteiger partial charge < -0.3 is 19.5 Å². The molecular formula is C28H33NO5. The van der Waals surface area contributed by atoms with E-state index in [1.807, 2.05) is 45.0 Å². The fourth-order valence-corrected chi connectivity index (χ4v) is 4.70. The zero-order valence-electron chi connectivity index (χ0n) is 20.3. The third-order valence-electron chi connectivity index (χ3n) is 6.48. The lowest BCUT2D eigenvalue weighted by Crippen LogP contribution is -2.36. The van der Waals surface area contributed by atoms with E-state index in [2.05, 4.69) is 6.92 Å². The van der Waals surface area contributed by atoms with Gasteiger partial charge in [0.15, 0.2) is 0 Å². The van der Waals surface area contributed by atoms with E-state index >= 15 is 0 Å². The summed E-state index contributed by atoms with van der Waals surface area (Å²) in [6, 6.07) is 12.5. The normalized spacial score (nSPS) is 22.1. The van der Waals surface area contributed by atoms with Crippen LogP contribution < -0.4 is 4.74 Å². The zero-order valence-corrected chi connectivity index (χ0v) is 20.3. The third-order valence-corrected chi connectivity index (χ3v) is 6.48. The van der Waals surface area contributed by atoms with Crippen molar-refractivity contribution in [2.75, 3.05) is 13.2 Å². The van der Waals surface area contributed by atoms with Crippen LogP contribution in [0.3, 0.4) is 0 Å². The number of rotatable bonds is 7. The highest BCUT2D eigenvalue weighted by molar-refractivity contribution is 6.46. The van der Waals surface area contributed by atoms with E-state index in [9.17, 15) is 14.7 Å².